The summed E-state index contributed by atoms with van der Waals surface area (Å²) < 4.78 is 13.6. The van der Waals surface area contributed by atoms with E-state index in [0.29, 0.717) is 28.9 Å². The summed E-state index contributed by atoms with van der Waals surface area (Å²) in [5.74, 6) is 0.576. The Morgan fingerprint density at radius 3 is 2.61 bits per heavy atom. The molecule has 0 fully saturated rings. The van der Waals surface area contributed by atoms with Crippen LogP contribution in [0.15, 0.2) is 54.7 Å². The monoisotopic (exact) mass is 329 g/mol. The molecule has 0 bridgehead atoms. The normalized spacial score (nSPS) is 10.3. The molecule has 3 rings (SSSR count). The van der Waals surface area contributed by atoms with Gasteiger partial charge in [-0.05, 0) is 30.3 Å². The molecule has 0 spiro atoms. The largest absolute Gasteiger partial charge is 0.364 e. The summed E-state index contributed by atoms with van der Waals surface area (Å²) in [4.78, 5) is 4.28. The minimum atomic E-state index is -0.262. The summed E-state index contributed by atoms with van der Waals surface area (Å²) in [5.41, 5.74) is 1.35. The first-order chi connectivity index (χ1) is 11.2. The SMILES string of the molecule is Fc1ccccc1CNc1cnnc(Nc2ccc(Cl)cc2)n1. The summed E-state index contributed by atoms with van der Waals surface area (Å²) in [5, 5.41) is 14.5. The van der Waals surface area contributed by atoms with E-state index in [0.717, 1.165) is 5.69 Å². The molecule has 0 radical (unpaired) electrons. The van der Waals surface area contributed by atoms with E-state index >= 15 is 0 Å². The molecule has 23 heavy (non-hydrogen) atoms. The van der Waals surface area contributed by atoms with Crippen molar-refractivity contribution in [1.82, 2.24) is 15.2 Å². The predicted octanol–water partition coefficient (Wildman–Crippen LogP) is 4.02. The lowest BCUT2D eigenvalue weighted by Gasteiger charge is -2.08. The second kappa shape index (κ2) is 7.02. The molecule has 2 N–H and O–H groups in total. The molecule has 0 saturated carbocycles. The summed E-state index contributed by atoms with van der Waals surface area (Å²) in [6.07, 6.45) is 1.48. The third kappa shape index (κ3) is 4.14. The number of nitrogens with zero attached hydrogens (tertiary/aromatic N) is 3. The summed E-state index contributed by atoms with van der Waals surface area (Å²) in [6.45, 7) is 0.311. The summed E-state index contributed by atoms with van der Waals surface area (Å²) in [7, 11) is 0. The highest BCUT2D eigenvalue weighted by Gasteiger charge is 2.04. The first-order valence-electron chi connectivity index (χ1n) is 6.90. The maximum atomic E-state index is 13.6. The summed E-state index contributed by atoms with van der Waals surface area (Å²) in [6, 6.07) is 13.7. The number of halogens is 2. The van der Waals surface area contributed by atoms with Crippen LogP contribution in [0, 0.1) is 5.82 Å². The molecule has 1 heterocycles. The van der Waals surface area contributed by atoms with E-state index in [9.17, 15) is 4.39 Å². The van der Waals surface area contributed by atoms with E-state index in [1.165, 1.54) is 12.3 Å². The van der Waals surface area contributed by atoms with Crippen molar-refractivity contribution in [2.24, 2.45) is 0 Å². The average molecular weight is 330 g/mol. The first-order valence-corrected chi connectivity index (χ1v) is 7.28. The Morgan fingerprint density at radius 2 is 1.83 bits per heavy atom. The van der Waals surface area contributed by atoms with Gasteiger partial charge in [0.2, 0.25) is 5.95 Å². The van der Waals surface area contributed by atoms with Gasteiger partial charge in [0.15, 0.2) is 5.82 Å². The second-order valence-corrected chi connectivity index (χ2v) is 5.18. The zero-order chi connectivity index (χ0) is 16.1. The van der Waals surface area contributed by atoms with Crippen molar-refractivity contribution in [3.63, 3.8) is 0 Å². The van der Waals surface area contributed by atoms with Gasteiger partial charge in [-0.25, -0.2) is 4.39 Å². The van der Waals surface area contributed by atoms with Crippen LogP contribution in [0.2, 0.25) is 5.02 Å². The number of aromatic nitrogens is 3. The number of hydrogen-bond acceptors (Lipinski definition) is 5. The van der Waals surface area contributed by atoms with E-state index < -0.39 is 0 Å². The van der Waals surface area contributed by atoms with Gasteiger partial charge in [0.05, 0.1) is 6.20 Å². The molecule has 0 aliphatic rings. The van der Waals surface area contributed by atoms with Crippen molar-refractivity contribution in [1.29, 1.82) is 0 Å². The highest BCUT2D eigenvalue weighted by molar-refractivity contribution is 6.30. The number of nitrogens with one attached hydrogen (secondary N) is 2. The lowest BCUT2D eigenvalue weighted by atomic mass is 10.2. The highest BCUT2D eigenvalue weighted by Crippen LogP contribution is 2.17. The Labute approximate surface area is 137 Å². The lowest BCUT2D eigenvalue weighted by Crippen LogP contribution is -2.06. The van der Waals surface area contributed by atoms with Gasteiger partial charge < -0.3 is 10.6 Å². The molecule has 1 aromatic heterocycles. The fourth-order valence-electron chi connectivity index (χ4n) is 1.93. The Bertz CT molecular complexity index is 794. The van der Waals surface area contributed by atoms with Crippen LogP contribution in [-0.2, 0) is 6.54 Å². The Morgan fingerprint density at radius 1 is 1.04 bits per heavy atom. The second-order valence-electron chi connectivity index (χ2n) is 4.74. The van der Waals surface area contributed by atoms with E-state index in [2.05, 4.69) is 25.8 Å². The zero-order valence-corrected chi connectivity index (χ0v) is 12.8. The maximum Gasteiger partial charge on any atom is 0.249 e. The maximum absolute atomic E-state index is 13.6. The van der Waals surface area contributed by atoms with E-state index in [4.69, 9.17) is 11.6 Å². The van der Waals surface area contributed by atoms with Gasteiger partial charge in [-0.1, -0.05) is 29.8 Å². The molecule has 0 atom stereocenters. The Hall–Kier alpha value is -2.73. The number of anilines is 3. The van der Waals surface area contributed by atoms with Gasteiger partial charge in [0.1, 0.15) is 5.82 Å². The van der Waals surface area contributed by atoms with Crippen LogP contribution in [0.5, 0.6) is 0 Å². The van der Waals surface area contributed by atoms with Crippen molar-refractivity contribution in [3.05, 3.63) is 71.1 Å². The molecule has 0 unspecified atom stereocenters. The molecule has 3 aromatic rings. The smallest absolute Gasteiger partial charge is 0.249 e. The van der Waals surface area contributed by atoms with E-state index in [1.54, 1.807) is 30.3 Å². The number of rotatable bonds is 5. The fraction of sp³-hybridized carbons (Fsp3) is 0.0625. The van der Waals surface area contributed by atoms with Gasteiger partial charge >= 0.3 is 0 Å². The molecule has 2 aromatic carbocycles. The topological polar surface area (TPSA) is 62.7 Å². The standard InChI is InChI=1S/C16H13ClFN5/c17-12-5-7-13(8-6-12)21-16-22-15(10-20-23-16)19-9-11-3-1-2-4-14(11)18/h1-8,10H,9H2,(H2,19,21,22,23). The van der Waals surface area contributed by atoms with Crippen LogP contribution in [0.25, 0.3) is 0 Å². The van der Waals surface area contributed by atoms with Gasteiger partial charge in [-0.15, -0.1) is 5.10 Å². The van der Waals surface area contributed by atoms with Crippen molar-refractivity contribution >= 4 is 29.1 Å². The Balaban J connectivity index is 1.67. The first kappa shape index (κ1) is 15.2. The van der Waals surface area contributed by atoms with Crippen LogP contribution in [0.4, 0.5) is 21.8 Å². The fourth-order valence-corrected chi connectivity index (χ4v) is 2.06. The molecular formula is C16H13ClFN5. The quantitative estimate of drug-likeness (QED) is 0.740. The number of benzene rings is 2. The molecule has 116 valence electrons. The van der Waals surface area contributed by atoms with Crippen molar-refractivity contribution in [3.8, 4) is 0 Å². The van der Waals surface area contributed by atoms with Crippen molar-refractivity contribution in [2.45, 2.75) is 6.54 Å². The van der Waals surface area contributed by atoms with Gasteiger partial charge in [0.25, 0.3) is 0 Å². The molecule has 0 saturated heterocycles. The molecule has 0 amide bonds. The van der Waals surface area contributed by atoms with Gasteiger partial charge in [0, 0.05) is 22.8 Å². The third-order valence-electron chi connectivity index (χ3n) is 3.08. The lowest BCUT2D eigenvalue weighted by molar-refractivity contribution is 0.613. The van der Waals surface area contributed by atoms with Crippen LogP contribution >= 0.6 is 11.6 Å². The predicted molar refractivity (Wildman–Crippen MR) is 88.3 cm³/mol. The van der Waals surface area contributed by atoms with Crippen LogP contribution in [0.3, 0.4) is 0 Å². The summed E-state index contributed by atoms with van der Waals surface area (Å²) >= 11 is 5.84. The van der Waals surface area contributed by atoms with Crippen LogP contribution in [-0.4, -0.2) is 15.2 Å². The molecule has 5 nitrogen and oxygen atoms in total. The molecular weight excluding hydrogens is 317 g/mol. The third-order valence-corrected chi connectivity index (χ3v) is 3.33. The van der Waals surface area contributed by atoms with E-state index in [-0.39, 0.29) is 5.82 Å². The molecule has 0 aliphatic heterocycles. The number of hydrogen-bond donors (Lipinski definition) is 2. The van der Waals surface area contributed by atoms with Gasteiger partial charge in [-0.3, -0.25) is 0 Å². The minimum Gasteiger partial charge on any atom is -0.364 e. The van der Waals surface area contributed by atoms with Crippen molar-refractivity contribution < 1.29 is 4.39 Å². The molecule has 0 aliphatic carbocycles. The Kier molecular flexibility index (Phi) is 4.63. The van der Waals surface area contributed by atoms with Gasteiger partial charge in [-0.2, -0.15) is 10.1 Å². The van der Waals surface area contributed by atoms with Crippen LogP contribution in [0.1, 0.15) is 5.56 Å². The van der Waals surface area contributed by atoms with E-state index in [1.807, 2.05) is 12.1 Å². The van der Waals surface area contributed by atoms with Crippen molar-refractivity contribution in [2.75, 3.05) is 10.6 Å². The minimum absolute atomic E-state index is 0.262. The zero-order valence-electron chi connectivity index (χ0n) is 12.0. The average Bonchev–Trinajstić information content (AvgIpc) is 2.57. The highest BCUT2D eigenvalue weighted by atomic mass is 35.5. The molecule has 7 heteroatoms. The van der Waals surface area contributed by atoms with Crippen LogP contribution < -0.4 is 10.6 Å².